The molecular weight excluding hydrogens is 412 g/mol. The van der Waals surface area contributed by atoms with Crippen molar-refractivity contribution in [1.82, 2.24) is 9.88 Å². The number of halogens is 1. The summed E-state index contributed by atoms with van der Waals surface area (Å²) in [4.78, 5) is 18.2. The van der Waals surface area contributed by atoms with Crippen LogP contribution in [0, 0.1) is 12.8 Å². The number of fused-ring (bicyclic) bond motifs is 1. The molecule has 1 amide bonds. The van der Waals surface area contributed by atoms with Gasteiger partial charge in [-0.3, -0.25) is 4.79 Å². The summed E-state index contributed by atoms with van der Waals surface area (Å²) in [7, 11) is 1.58. The first-order valence-corrected chi connectivity index (χ1v) is 10.9. The summed E-state index contributed by atoms with van der Waals surface area (Å²) in [6.45, 7) is 4.75. The Morgan fingerprint density at radius 2 is 1.84 bits per heavy atom. The summed E-state index contributed by atoms with van der Waals surface area (Å²) in [5.74, 6) is 0.545. The number of carbonyl (C=O) groups excluding carboxylic acids is 1. The van der Waals surface area contributed by atoms with Crippen LogP contribution >= 0.6 is 11.6 Å². The van der Waals surface area contributed by atoms with E-state index in [4.69, 9.17) is 16.3 Å². The van der Waals surface area contributed by atoms with Crippen LogP contribution in [0.15, 0.2) is 48.5 Å². The zero-order valence-electron chi connectivity index (χ0n) is 18.1. The Bertz CT molecular complexity index is 1110. The largest absolute Gasteiger partial charge is 0.481 e. The number of rotatable bonds is 4. The molecule has 0 spiro atoms. The fourth-order valence-electron chi connectivity index (χ4n) is 4.68. The number of aliphatic hydroxyl groups is 1. The number of hydrogen-bond acceptors (Lipinski definition) is 4. The number of ether oxygens (including phenoxy) is 1. The van der Waals surface area contributed by atoms with E-state index in [1.165, 1.54) is 0 Å². The van der Waals surface area contributed by atoms with Gasteiger partial charge in [0.1, 0.15) is 5.60 Å². The average molecular weight is 439 g/mol. The predicted octanol–water partition coefficient (Wildman–Crippen LogP) is 4.70. The molecule has 1 fully saturated rings. The van der Waals surface area contributed by atoms with Crippen molar-refractivity contribution in [1.29, 1.82) is 0 Å². The fraction of sp³-hybridized carbons (Fsp3) is 0.360. The van der Waals surface area contributed by atoms with Crippen molar-refractivity contribution in [2.24, 2.45) is 5.92 Å². The molecular formula is C25H27ClN2O3. The number of aromatic nitrogens is 1. The van der Waals surface area contributed by atoms with E-state index in [9.17, 15) is 9.90 Å². The lowest BCUT2D eigenvalue weighted by atomic mass is 9.72. The van der Waals surface area contributed by atoms with Crippen molar-refractivity contribution in [3.05, 3.63) is 70.2 Å². The lowest BCUT2D eigenvalue weighted by molar-refractivity contribution is -0.131. The molecule has 0 unspecified atom stereocenters. The van der Waals surface area contributed by atoms with Crippen molar-refractivity contribution in [2.75, 3.05) is 20.2 Å². The van der Waals surface area contributed by atoms with Crippen molar-refractivity contribution >= 4 is 28.4 Å². The van der Waals surface area contributed by atoms with Crippen LogP contribution in [0.4, 0.5) is 0 Å². The highest BCUT2D eigenvalue weighted by molar-refractivity contribution is 6.36. The highest BCUT2D eigenvalue weighted by Crippen LogP contribution is 2.43. The summed E-state index contributed by atoms with van der Waals surface area (Å²) in [6.07, 6.45) is 1.44. The van der Waals surface area contributed by atoms with E-state index in [0.717, 1.165) is 40.4 Å². The molecule has 2 aromatic carbocycles. The Hall–Kier alpha value is -2.63. The molecule has 0 radical (unpaired) electrons. The number of nitrogens with zero attached hydrogens (tertiary/aromatic N) is 2. The topological polar surface area (TPSA) is 62.7 Å². The standard InChI is InChI=1S/C25H27ClN2O3/c1-16-23(26)21-15-20(9-10-22(21)27-24(16)31-3)25(30,18-7-5-4-6-8-18)19-11-13-28(14-12-19)17(2)29/h4-10,15,19,30H,11-14H2,1-3H3/t25-/m0/s1. The molecule has 0 saturated carbocycles. The Morgan fingerprint density at radius 3 is 2.45 bits per heavy atom. The number of piperidine rings is 1. The molecule has 1 aliphatic heterocycles. The van der Waals surface area contributed by atoms with Crippen LogP contribution in [0.5, 0.6) is 5.88 Å². The predicted molar refractivity (Wildman–Crippen MR) is 122 cm³/mol. The lowest BCUT2D eigenvalue weighted by Crippen LogP contribution is -2.45. The molecule has 0 aliphatic carbocycles. The van der Waals surface area contributed by atoms with E-state index in [1.807, 2.05) is 60.4 Å². The Kier molecular flexibility index (Phi) is 5.91. The second kappa shape index (κ2) is 8.48. The molecule has 31 heavy (non-hydrogen) atoms. The normalized spacial score (nSPS) is 16.9. The minimum Gasteiger partial charge on any atom is -0.481 e. The van der Waals surface area contributed by atoms with Gasteiger partial charge in [-0.25, -0.2) is 4.98 Å². The second-order valence-corrected chi connectivity index (χ2v) is 8.58. The monoisotopic (exact) mass is 438 g/mol. The van der Waals surface area contributed by atoms with Gasteiger partial charge in [0.15, 0.2) is 0 Å². The first-order chi connectivity index (χ1) is 14.9. The van der Waals surface area contributed by atoms with Gasteiger partial charge in [0.2, 0.25) is 11.8 Å². The number of amides is 1. The summed E-state index contributed by atoms with van der Waals surface area (Å²) in [5, 5.41) is 13.6. The highest BCUT2D eigenvalue weighted by Gasteiger charge is 2.42. The first-order valence-electron chi connectivity index (χ1n) is 10.5. The summed E-state index contributed by atoms with van der Waals surface area (Å²) < 4.78 is 5.35. The first kappa shape index (κ1) is 21.6. The minimum absolute atomic E-state index is 0.0333. The third kappa shape index (κ3) is 3.77. The Balaban J connectivity index is 1.84. The van der Waals surface area contributed by atoms with Crippen LogP contribution in [0.1, 0.15) is 36.5 Å². The molecule has 5 nitrogen and oxygen atoms in total. The summed E-state index contributed by atoms with van der Waals surface area (Å²) in [5.41, 5.74) is 1.91. The van der Waals surface area contributed by atoms with Crippen LogP contribution in [-0.4, -0.2) is 41.1 Å². The Labute approximate surface area is 187 Å². The molecule has 2 heterocycles. The third-order valence-corrected chi connectivity index (χ3v) is 6.97. The summed E-state index contributed by atoms with van der Waals surface area (Å²) in [6, 6.07) is 15.5. The van der Waals surface area contributed by atoms with Crippen molar-refractivity contribution in [3.63, 3.8) is 0 Å². The Morgan fingerprint density at radius 1 is 1.16 bits per heavy atom. The number of methoxy groups -OCH3 is 1. The van der Waals surface area contributed by atoms with E-state index in [1.54, 1.807) is 14.0 Å². The number of carbonyl (C=O) groups is 1. The lowest BCUT2D eigenvalue weighted by Gasteiger charge is -2.42. The van der Waals surface area contributed by atoms with E-state index in [2.05, 4.69) is 4.98 Å². The molecule has 3 aromatic rings. The quantitative estimate of drug-likeness (QED) is 0.641. The van der Waals surface area contributed by atoms with Crippen LogP contribution in [0.25, 0.3) is 10.9 Å². The van der Waals surface area contributed by atoms with Gasteiger partial charge in [-0.2, -0.15) is 0 Å². The van der Waals surface area contributed by atoms with E-state index in [-0.39, 0.29) is 11.8 Å². The maximum atomic E-state index is 12.2. The SMILES string of the molecule is COc1nc2ccc([C@](O)(c3ccccc3)C3CCN(C(C)=O)CC3)cc2c(Cl)c1C. The van der Waals surface area contributed by atoms with Gasteiger partial charge < -0.3 is 14.7 Å². The van der Waals surface area contributed by atoms with E-state index < -0.39 is 5.60 Å². The zero-order valence-corrected chi connectivity index (χ0v) is 18.8. The second-order valence-electron chi connectivity index (χ2n) is 8.20. The smallest absolute Gasteiger partial charge is 0.219 e. The number of pyridine rings is 1. The molecule has 162 valence electrons. The van der Waals surface area contributed by atoms with Crippen molar-refractivity contribution in [3.8, 4) is 5.88 Å². The van der Waals surface area contributed by atoms with Crippen LogP contribution in [-0.2, 0) is 10.4 Å². The molecule has 4 rings (SSSR count). The maximum absolute atomic E-state index is 12.2. The van der Waals surface area contributed by atoms with Crippen LogP contribution < -0.4 is 4.74 Å². The van der Waals surface area contributed by atoms with Gasteiger partial charge in [-0.1, -0.05) is 48.0 Å². The minimum atomic E-state index is -1.20. The van der Waals surface area contributed by atoms with Gasteiger partial charge >= 0.3 is 0 Å². The molecule has 0 bridgehead atoms. The number of benzene rings is 2. The zero-order chi connectivity index (χ0) is 22.2. The number of hydrogen-bond donors (Lipinski definition) is 1. The van der Waals surface area contributed by atoms with E-state index >= 15 is 0 Å². The van der Waals surface area contributed by atoms with E-state index in [0.29, 0.717) is 24.0 Å². The molecule has 1 aliphatic rings. The van der Waals surface area contributed by atoms with Gasteiger partial charge in [0.25, 0.3) is 0 Å². The van der Waals surface area contributed by atoms with Gasteiger partial charge in [0, 0.05) is 31.0 Å². The maximum Gasteiger partial charge on any atom is 0.219 e. The summed E-state index contributed by atoms with van der Waals surface area (Å²) >= 11 is 6.67. The van der Waals surface area contributed by atoms with Crippen molar-refractivity contribution in [2.45, 2.75) is 32.3 Å². The molecule has 1 N–H and O–H groups in total. The molecule has 6 heteroatoms. The molecule has 1 aromatic heterocycles. The van der Waals surface area contributed by atoms with Crippen LogP contribution in [0.2, 0.25) is 5.02 Å². The average Bonchev–Trinajstić information content (AvgIpc) is 2.81. The van der Waals surface area contributed by atoms with Crippen LogP contribution in [0.3, 0.4) is 0 Å². The third-order valence-electron chi connectivity index (χ3n) is 6.48. The highest BCUT2D eigenvalue weighted by atomic mass is 35.5. The number of likely N-dealkylation sites (tertiary alicyclic amines) is 1. The van der Waals surface area contributed by atoms with Gasteiger partial charge in [-0.05, 0) is 48.9 Å². The fourth-order valence-corrected chi connectivity index (χ4v) is 4.91. The molecule has 1 atom stereocenters. The molecule has 1 saturated heterocycles. The van der Waals surface area contributed by atoms with Gasteiger partial charge in [-0.15, -0.1) is 0 Å². The van der Waals surface area contributed by atoms with Crippen molar-refractivity contribution < 1.29 is 14.6 Å². The van der Waals surface area contributed by atoms with Gasteiger partial charge in [0.05, 0.1) is 17.6 Å².